The van der Waals surface area contributed by atoms with Crippen LogP contribution in [0.4, 0.5) is 0 Å². The summed E-state index contributed by atoms with van der Waals surface area (Å²) in [7, 11) is 3.26. The van der Waals surface area contributed by atoms with Crippen LogP contribution in [0.3, 0.4) is 0 Å². The van der Waals surface area contributed by atoms with Crippen molar-refractivity contribution in [2.75, 3.05) is 14.2 Å². The average molecular weight is 579 g/mol. The lowest BCUT2D eigenvalue weighted by atomic mass is 10.2. The lowest BCUT2D eigenvalue weighted by Crippen LogP contribution is -2.08. The van der Waals surface area contributed by atoms with Crippen LogP contribution >= 0.6 is 23.2 Å². The van der Waals surface area contributed by atoms with Gasteiger partial charge in [-0.2, -0.15) is 10.2 Å². The molecule has 10 nitrogen and oxygen atoms in total. The van der Waals surface area contributed by atoms with E-state index in [0.717, 1.165) is 34.1 Å². The minimum absolute atomic E-state index is 0.0651. The number of hydrogen-bond donors (Lipinski definition) is 2. The Balaban J connectivity index is 0.000000161. The molecule has 2 N–H and O–H groups in total. The Morgan fingerprint density at radius 2 is 1.38 bits per heavy atom. The van der Waals surface area contributed by atoms with E-state index in [9.17, 15) is 9.90 Å². The molecule has 204 valence electrons. The number of nitrogens with zero attached hydrogens (tertiary/aromatic N) is 5. The van der Waals surface area contributed by atoms with Crippen LogP contribution < -0.4 is 15.0 Å². The van der Waals surface area contributed by atoms with Gasteiger partial charge in [0.05, 0.1) is 55.5 Å². The van der Waals surface area contributed by atoms with Crippen molar-refractivity contribution in [2.24, 2.45) is 0 Å². The second-order valence-electron chi connectivity index (χ2n) is 8.75. The van der Waals surface area contributed by atoms with Gasteiger partial charge in [-0.1, -0.05) is 47.5 Å². The summed E-state index contributed by atoms with van der Waals surface area (Å²) < 4.78 is 13.6. The van der Waals surface area contributed by atoms with Gasteiger partial charge in [0.2, 0.25) is 0 Å². The number of benzene rings is 2. The van der Waals surface area contributed by atoms with Crippen LogP contribution in [0.15, 0.2) is 77.9 Å². The first-order chi connectivity index (χ1) is 19.3. The van der Waals surface area contributed by atoms with Gasteiger partial charge in [0, 0.05) is 6.07 Å². The minimum Gasteiger partial charge on any atom is -0.507 e. The molecule has 40 heavy (non-hydrogen) atoms. The largest absolute Gasteiger partial charge is 0.507 e. The number of rotatable bonds is 6. The van der Waals surface area contributed by atoms with Gasteiger partial charge in [0.15, 0.2) is 5.65 Å². The van der Waals surface area contributed by atoms with E-state index < -0.39 is 0 Å². The van der Waals surface area contributed by atoms with E-state index in [-0.39, 0.29) is 11.3 Å². The van der Waals surface area contributed by atoms with E-state index in [0.29, 0.717) is 39.9 Å². The standard InChI is InChI=1S/C14H11Cl2N3O.C14H13N3O3/c1-20-10-4-2-9(3-5-10)8-19-14-11(7-17-19)12(15)6-13(16)18-14;1-20-10-4-2-9(3-5-10)8-17-14-11(7-15-17)12(18)6-13(19)16-14/h2-7H,8H2,1H3;2-7H,8H2,1H3,(H2,16,18,19). The molecule has 12 heteroatoms. The molecular weight excluding hydrogens is 555 g/mol. The number of nitrogens with one attached hydrogen (secondary N) is 1. The zero-order chi connectivity index (χ0) is 28.2. The highest BCUT2D eigenvalue weighted by atomic mass is 35.5. The summed E-state index contributed by atoms with van der Waals surface area (Å²) >= 11 is 12.1. The maximum absolute atomic E-state index is 11.4. The molecule has 0 radical (unpaired) electrons. The van der Waals surface area contributed by atoms with Crippen LogP contribution in [-0.4, -0.2) is 48.9 Å². The second kappa shape index (κ2) is 11.7. The van der Waals surface area contributed by atoms with E-state index in [2.05, 4.69) is 20.2 Å². The monoisotopic (exact) mass is 578 g/mol. The van der Waals surface area contributed by atoms with Crippen molar-refractivity contribution < 1.29 is 14.6 Å². The lowest BCUT2D eigenvalue weighted by Gasteiger charge is -2.05. The molecule has 0 atom stereocenters. The summed E-state index contributed by atoms with van der Waals surface area (Å²) in [5, 5.41) is 20.5. The number of methoxy groups -OCH3 is 2. The first kappa shape index (κ1) is 27.0. The number of halogens is 2. The van der Waals surface area contributed by atoms with Gasteiger partial charge in [-0.05, 0) is 41.5 Å². The third-order valence-electron chi connectivity index (χ3n) is 6.14. The van der Waals surface area contributed by atoms with Crippen molar-refractivity contribution in [3.05, 3.63) is 105 Å². The lowest BCUT2D eigenvalue weighted by molar-refractivity contribution is 0.414. The fourth-order valence-electron chi connectivity index (χ4n) is 4.08. The highest BCUT2D eigenvalue weighted by Crippen LogP contribution is 2.25. The highest BCUT2D eigenvalue weighted by molar-refractivity contribution is 6.37. The van der Waals surface area contributed by atoms with Crippen LogP contribution in [0.25, 0.3) is 22.1 Å². The first-order valence-electron chi connectivity index (χ1n) is 12.1. The van der Waals surface area contributed by atoms with E-state index in [1.807, 2.05) is 48.5 Å². The molecule has 0 aliphatic rings. The van der Waals surface area contributed by atoms with Gasteiger partial charge >= 0.3 is 0 Å². The Morgan fingerprint density at radius 3 is 1.98 bits per heavy atom. The molecule has 6 rings (SSSR count). The molecule has 6 aromatic rings. The summed E-state index contributed by atoms with van der Waals surface area (Å²) in [5.74, 6) is 1.54. The smallest absolute Gasteiger partial charge is 0.253 e. The van der Waals surface area contributed by atoms with Crippen molar-refractivity contribution in [1.82, 2.24) is 29.5 Å². The number of aromatic amines is 1. The van der Waals surface area contributed by atoms with Gasteiger partial charge < -0.3 is 19.6 Å². The number of ether oxygens (including phenoxy) is 2. The second-order valence-corrected chi connectivity index (χ2v) is 9.54. The van der Waals surface area contributed by atoms with E-state index >= 15 is 0 Å². The van der Waals surface area contributed by atoms with E-state index in [1.165, 1.54) is 6.20 Å². The highest BCUT2D eigenvalue weighted by Gasteiger charge is 2.11. The van der Waals surface area contributed by atoms with Gasteiger partial charge in [-0.25, -0.2) is 14.3 Å². The van der Waals surface area contributed by atoms with E-state index in [1.54, 1.807) is 35.8 Å². The van der Waals surface area contributed by atoms with Crippen LogP contribution in [0, 0.1) is 0 Å². The molecule has 0 fully saturated rings. The predicted octanol–water partition coefficient (Wildman–Crippen LogP) is 5.28. The topological polar surface area (TPSA) is 120 Å². The van der Waals surface area contributed by atoms with Crippen molar-refractivity contribution in [2.45, 2.75) is 13.1 Å². The van der Waals surface area contributed by atoms with Crippen molar-refractivity contribution >= 4 is 45.3 Å². The zero-order valence-corrected chi connectivity index (χ0v) is 23.0. The summed E-state index contributed by atoms with van der Waals surface area (Å²) in [5.41, 5.74) is 2.93. The maximum Gasteiger partial charge on any atom is 0.253 e. The summed E-state index contributed by atoms with van der Waals surface area (Å²) in [6, 6.07) is 18.1. The van der Waals surface area contributed by atoms with Gasteiger partial charge in [-0.15, -0.1) is 0 Å². The van der Waals surface area contributed by atoms with E-state index in [4.69, 9.17) is 32.7 Å². The molecule has 2 aromatic carbocycles. The average Bonchev–Trinajstić information content (AvgIpc) is 3.54. The van der Waals surface area contributed by atoms with Crippen LogP contribution in [0.5, 0.6) is 17.2 Å². The molecule has 0 aliphatic carbocycles. The molecule has 4 heterocycles. The molecule has 4 aromatic heterocycles. The summed E-state index contributed by atoms with van der Waals surface area (Å²) in [6.07, 6.45) is 3.23. The number of H-pyrrole nitrogens is 1. The SMILES string of the molecule is COc1ccc(Cn2ncc3c(Cl)cc(Cl)nc32)cc1.COc1ccc(Cn2ncc3c(O)cc(=O)[nH]c32)cc1. The van der Waals surface area contributed by atoms with Crippen molar-refractivity contribution in [1.29, 1.82) is 0 Å². The molecule has 0 unspecified atom stereocenters. The summed E-state index contributed by atoms with van der Waals surface area (Å²) in [6.45, 7) is 1.09. The molecule has 0 bridgehead atoms. The third kappa shape index (κ3) is 5.88. The minimum atomic E-state index is -0.355. The number of hydrogen-bond acceptors (Lipinski definition) is 7. The van der Waals surface area contributed by atoms with Gasteiger partial charge in [0.1, 0.15) is 28.0 Å². The number of fused-ring (bicyclic) bond motifs is 2. The molecule has 0 amide bonds. The van der Waals surface area contributed by atoms with Crippen molar-refractivity contribution in [3.63, 3.8) is 0 Å². The Morgan fingerprint density at radius 1 is 0.825 bits per heavy atom. The maximum atomic E-state index is 11.4. The molecule has 0 saturated heterocycles. The Bertz CT molecular complexity index is 1830. The molecular formula is C28H24Cl2N6O4. The summed E-state index contributed by atoms with van der Waals surface area (Å²) in [4.78, 5) is 18.4. The van der Waals surface area contributed by atoms with Crippen LogP contribution in [0.2, 0.25) is 10.2 Å². The quantitative estimate of drug-likeness (QED) is 0.258. The fraction of sp³-hybridized carbons (Fsp3) is 0.143. The van der Waals surface area contributed by atoms with Gasteiger partial charge in [-0.3, -0.25) is 4.79 Å². The zero-order valence-electron chi connectivity index (χ0n) is 21.5. The Labute approximate surface area is 238 Å². The van der Waals surface area contributed by atoms with Crippen LogP contribution in [-0.2, 0) is 13.1 Å². The molecule has 0 spiro atoms. The molecule has 0 aliphatic heterocycles. The number of aromatic hydroxyl groups is 1. The van der Waals surface area contributed by atoms with Crippen molar-refractivity contribution in [3.8, 4) is 17.2 Å². The fourth-order valence-corrected chi connectivity index (χ4v) is 4.57. The van der Waals surface area contributed by atoms with Crippen LogP contribution in [0.1, 0.15) is 11.1 Å². The number of aromatic nitrogens is 6. The third-order valence-corrected chi connectivity index (χ3v) is 6.64. The van der Waals surface area contributed by atoms with Gasteiger partial charge in [0.25, 0.3) is 5.56 Å². The number of pyridine rings is 2. The Hall–Kier alpha value is -4.54. The molecule has 0 saturated carbocycles. The predicted molar refractivity (Wildman–Crippen MR) is 154 cm³/mol. The Kier molecular flexibility index (Phi) is 7.90. The first-order valence-corrected chi connectivity index (χ1v) is 12.8. The normalized spacial score (nSPS) is 10.9.